The largest absolute Gasteiger partial charge is 0.492 e. The molecule has 74 heavy (non-hydrogen) atoms. The van der Waals surface area contributed by atoms with E-state index in [9.17, 15) is 16.8 Å². The molecule has 6 aromatic rings. The number of nitrogens with one attached hydrogen (secondary N) is 6. The molecule has 0 aliphatic carbocycles. The Bertz CT molecular complexity index is 2810. The van der Waals surface area contributed by atoms with Crippen LogP contribution in [0.4, 0.5) is 46.3 Å². The van der Waals surface area contributed by atoms with Gasteiger partial charge in [-0.1, -0.05) is 12.1 Å². The van der Waals surface area contributed by atoms with Crippen LogP contribution in [0.25, 0.3) is 0 Å². The number of benzene rings is 4. The highest BCUT2D eigenvalue weighted by atomic mass is 32.2. The zero-order valence-corrected chi connectivity index (χ0v) is 45.5. The average Bonchev–Trinajstić information content (AvgIpc) is 4.07. The molecule has 2 aliphatic rings. The van der Waals surface area contributed by atoms with Crippen molar-refractivity contribution < 1.29 is 26.3 Å². The molecule has 4 heterocycles. The van der Waals surface area contributed by atoms with Crippen LogP contribution in [0.15, 0.2) is 119 Å². The van der Waals surface area contributed by atoms with Gasteiger partial charge in [0.25, 0.3) is 0 Å². The second kappa shape index (κ2) is 24.7. The van der Waals surface area contributed by atoms with Crippen molar-refractivity contribution in [3.63, 3.8) is 0 Å². The van der Waals surface area contributed by atoms with E-state index in [1.165, 1.54) is 51.9 Å². The molecule has 2 aromatic heterocycles. The van der Waals surface area contributed by atoms with E-state index >= 15 is 0 Å². The molecule has 2 saturated heterocycles. The zero-order chi connectivity index (χ0) is 52.9. The summed E-state index contributed by atoms with van der Waals surface area (Å²) in [6.45, 7) is 22.5. The van der Waals surface area contributed by atoms with Gasteiger partial charge in [-0.3, -0.25) is 9.80 Å². The quantitative estimate of drug-likeness (QED) is 0.0419. The number of likely N-dealkylation sites (tertiary alicyclic amines) is 2. The molecule has 0 spiro atoms. The molecule has 0 radical (unpaired) electrons. The molecule has 0 amide bonds. The number of nitrogens with zero attached hydrogens (tertiary/aromatic N) is 6. The van der Waals surface area contributed by atoms with E-state index in [2.05, 4.69) is 60.4 Å². The van der Waals surface area contributed by atoms with Gasteiger partial charge >= 0.3 is 0 Å². The molecule has 0 bridgehead atoms. The van der Waals surface area contributed by atoms with Crippen LogP contribution in [0.1, 0.15) is 78.4 Å². The van der Waals surface area contributed by atoms with Crippen molar-refractivity contribution in [2.75, 3.05) is 73.7 Å². The number of rotatable bonds is 20. The fraction of sp³-hybridized carbons (Fsp3) is 0.407. The van der Waals surface area contributed by atoms with Crippen LogP contribution in [0.3, 0.4) is 0 Å². The Balaban J connectivity index is 0.000000216. The topological polar surface area (TPSA) is 217 Å². The number of hydrogen-bond acceptors (Lipinski definition) is 16. The normalized spacial score (nSPS) is 14.5. The maximum absolute atomic E-state index is 12.7. The molecule has 0 atom stereocenters. The van der Waals surface area contributed by atoms with E-state index in [4.69, 9.17) is 9.47 Å². The van der Waals surface area contributed by atoms with Crippen molar-refractivity contribution in [2.24, 2.45) is 0 Å². The van der Waals surface area contributed by atoms with Gasteiger partial charge < -0.3 is 30.7 Å². The smallest absolute Gasteiger partial charge is 0.241 e. The van der Waals surface area contributed by atoms with Crippen molar-refractivity contribution >= 4 is 66.3 Å². The molecular weight excluding hydrogens is 977 g/mol. The second-order valence-electron chi connectivity index (χ2n) is 20.6. The van der Waals surface area contributed by atoms with E-state index in [1.54, 1.807) is 60.9 Å². The van der Waals surface area contributed by atoms with Crippen LogP contribution >= 0.6 is 0 Å². The molecule has 0 unspecified atom stereocenters. The number of aryl methyl sites for hydroxylation is 2. The van der Waals surface area contributed by atoms with Gasteiger partial charge in [-0.15, -0.1) is 0 Å². The Hall–Kier alpha value is -6.42. The summed E-state index contributed by atoms with van der Waals surface area (Å²) in [4.78, 5) is 23.2. The molecule has 2 fully saturated rings. The van der Waals surface area contributed by atoms with Gasteiger partial charge in [0.05, 0.1) is 9.79 Å². The lowest BCUT2D eigenvalue weighted by atomic mass is 10.1. The maximum atomic E-state index is 12.7. The minimum atomic E-state index is -3.65. The lowest BCUT2D eigenvalue weighted by molar-refractivity contribution is 0.237. The molecule has 396 valence electrons. The summed E-state index contributed by atoms with van der Waals surface area (Å²) >= 11 is 0. The van der Waals surface area contributed by atoms with Crippen LogP contribution in [0, 0.1) is 13.8 Å². The van der Waals surface area contributed by atoms with Crippen LogP contribution < -0.4 is 40.2 Å². The van der Waals surface area contributed by atoms with Crippen molar-refractivity contribution in [3.8, 4) is 11.5 Å². The lowest BCUT2D eigenvalue weighted by Crippen LogP contribution is -2.40. The predicted molar refractivity (Wildman–Crippen MR) is 295 cm³/mol. The van der Waals surface area contributed by atoms with Crippen LogP contribution in [0.2, 0.25) is 0 Å². The summed E-state index contributed by atoms with van der Waals surface area (Å²) < 4.78 is 68.0. The van der Waals surface area contributed by atoms with Gasteiger partial charge in [-0.25, -0.2) is 36.2 Å². The summed E-state index contributed by atoms with van der Waals surface area (Å²) in [6.07, 6.45) is 8.55. The van der Waals surface area contributed by atoms with E-state index in [1.807, 2.05) is 104 Å². The minimum absolute atomic E-state index is 0.181. The van der Waals surface area contributed by atoms with Gasteiger partial charge in [-0.05, 0) is 192 Å². The lowest BCUT2D eigenvalue weighted by Gasteiger charge is -2.20. The Morgan fingerprint density at radius 1 is 0.500 bits per heavy atom. The van der Waals surface area contributed by atoms with Crippen LogP contribution in [0.5, 0.6) is 11.5 Å². The first kappa shape index (κ1) is 55.3. The summed E-state index contributed by atoms with van der Waals surface area (Å²) in [6, 6.07) is 28.7. The molecule has 0 saturated carbocycles. The van der Waals surface area contributed by atoms with Crippen molar-refractivity contribution in [3.05, 3.63) is 121 Å². The van der Waals surface area contributed by atoms with Crippen molar-refractivity contribution in [1.82, 2.24) is 39.2 Å². The fourth-order valence-corrected chi connectivity index (χ4v) is 11.0. The summed E-state index contributed by atoms with van der Waals surface area (Å²) in [5.41, 5.74) is 3.39. The Morgan fingerprint density at radius 3 is 1.22 bits per heavy atom. The van der Waals surface area contributed by atoms with Gasteiger partial charge in [0.15, 0.2) is 0 Å². The number of hydrogen-bond donors (Lipinski definition) is 6. The molecule has 20 heteroatoms. The first-order valence-electron chi connectivity index (χ1n) is 25.1. The second-order valence-corrected chi connectivity index (χ2v) is 23.9. The Kier molecular flexibility index (Phi) is 18.5. The predicted octanol–water partition coefficient (Wildman–Crippen LogP) is 9.65. The monoisotopic (exact) mass is 1050 g/mol. The first-order chi connectivity index (χ1) is 35.1. The third-order valence-electron chi connectivity index (χ3n) is 11.6. The van der Waals surface area contributed by atoms with E-state index in [0.29, 0.717) is 48.1 Å². The van der Waals surface area contributed by atoms with Gasteiger partial charge in [0.2, 0.25) is 31.9 Å². The fourth-order valence-electron chi connectivity index (χ4n) is 8.06. The van der Waals surface area contributed by atoms with Crippen molar-refractivity contribution in [2.45, 2.75) is 102 Å². The number of sulfonamides is 2. The summed E-state index contributed by atoms with van der Waals surface area (Å²) in [5, 5.41) is 12.9. The van der Waals surface area contributed by atoms with Crippen LogP contribution in [-0.4, -0.2) is 110 Å². The highest BCUT2D eigenvalue weighted by molar-refractivity contribution is 7.89. The standard InChI is InChI=1S/2C27H36N6O3S/c2*1-20-19-28-26(30-21-10-12-23(13-11-21)36-17-16-33-14-5-6-15-33)31-25(20)29-22-8-7-9-24(18-22)37(34,35)32-27(2,3)4/h2*7-13,18-19,32H,5-6,14-17H2,1-4H3,(H2,28,29,30,31). The van der Waals surface area contributed by atoms with Gasteiger partial charge in [0.1, 0.15) is 36.3 Å². The highest BCUT2D eigenvalue weighted by Gasteiger charge is 2.24. The number of aromatic nitrogens is 4. The molecule has 18 nitrogen and oxygen atoms in total. The van der Waals surface area contributed by atoms with E-state index < -0.39 is 31.1 Å². The highest BCUT2D eigenvalue weighted by Crippen LogP contribution is 2.27. The SMILES string of the molecule is Cc1cnc(Nc2ccc(OCCN3CCCC3)cc2)nc1Nc1cccc(S(=O)(=O)NC(C)(C)C)c1.Cc1cnc(Nc2ccc(OCCN3CCCC3)cc2)nc1Nc1cccc(S(=O)(=O)NC(C)(C)C)c1. The third kappa shape index (κ3) is 17.3. The average molecular weight is 1050 g/mol. The van der Waals surface area contributed by atoms with Crippen molar-refractivity contribution in [1.29, 1.82) is 0 Å². The minimum Gasteiger partial charge on any atom is -0.492 e. The summed E-state index contributed by atoms with van der Waals surface area (Å²) in [7, 11) is -7.31. The number of anilines is 8. The van der Waals surface area contributed by atoms with Gasteiger partial charge in [-0.2, -0.15) is 9.97 Å². The maximum Gasteiger partial charge on any atom is 0.241 e. The van der Waals surface area contributed by atoms with E-state index in [-0.39, 0.29) is 9.79 Å². The molecule has 6 N–H and O–H groups in total. The zero-order valence-electron chi connectivity index (χ0n) is 43.8. The van der Waals surface area contributed by atoms with Crippen LogP contribution in [-0.2, 0) is 20.0 Å². The summed E-state index contributed by atoms with van der Waals surface area (Å²) in [5.74, 6) is 3.67. The third-order valence-corrected chi connectivity index (χ3v) is 15.1. The Morgan fingerprint density at radius 2 is 0.865 bits per heavy atom. The number of ether oxygens (including phenoxy) is 2. The first-order valence-corrected chi connectivity index (χ1v) is 28.1. The Labute approximate surface area is 437 Å². The molecule has 8 rings (SSSR count). The van der Waals surface area contributed by atoms with E-state index in [0.717, 1.165) is 47.1 Å². The molecule has 4 aromatic carbocycles. The molecule has 2 aliphatic heterocycles. The van der Waals surface area contributed by atoms with Gasteiger partial charge in [0, 0.05) is 70.4 Å². The molecular formula is C54H72N12O6S2.